The molecule has 0 aliphatic carbocycles. The SMILES string of the molecule is CCCCCCCN=Cc1ccc(OC(C)c2ccc(Cl)c(C(F)(F)F)c2)cc1. The number of alkyl halides is 3. The van der Waals surface area contributed by atoms with Crippen molar-refractivity contribution in [1.82, 2.24) is 0 Å². The van der Waals surface area contributed by atoms with Crippen molar-refractivity contribution in [3.8, 4) is 5.75 Å². The molecule has 2 rings (SSSR count). The van der Waals surface area contributed by atoms with Gasteiger partial charge in [-0.25, -0.2) is 0 Å². The van der Waals surface area contributed by atoms with Gasteiger partial charge >= 0.3 is 6.18 Å². The van der Waals surface area contributed by atoms with E-state index in [1.165, 1.54) is 31.7 Å². The summed E-state index contributed by atoms with van der Waals surface area (Å²) < 4.78 is 44.9. The van der Waals surface area contributed by atoms with E-state index in [9.17, 15) is 13.2 Å². The molecule has 6 heteroatoms. The van der Waals surface area contributed by atoms with Crippen molar-refractivity contribution in [3.05, 3.63) is 64.2 Å². The third-order valence-electron chi connectivity index (χ3n) is 4.59. The smallest absolute Gasteiger partial charge is 0.417 e. The summed E-state index contributed by atoms with van der Waals surface area (Å²) in [6, 6.07) is 11.2. The number of hydrogen-bond donors (Lipinski definition) is 0. The van der Waals surface area contributed by atoms with Crippen LogP contribution in [-0.2, 0) is 6.18 Å². The first kappa shape index (κ1) is 23.3. The molecule has 29 heavy (non-hydrogen) atoms. The summed E-state index contributed by atoms with van der Waals surface area (Å²) in [6.45, 7) is 4.72. The van der Waals surface area contributed by atoms with Crippen molar-refractivity contribution in [2.24, 2.45) is 4.99 Å². The van der Waals surface area contributed by atoms with Gasteiger partial charge in [-0.1, -0.05) is 50.3 Å². The average molecular weight is 426 g/mol. The second-order valence-electron chi connectivity index (χ2n) is 7.02. The van der Waals surface area contributed by atoms with Crippen LogP contribution in [0.25, 0.3) is 0 Å². The minimum atomic E-state index is -4.50. The molecule has 0 saturated carbocycles. The van der Waals surface area contributed by atoms with Crippen LogP contribution >= 0.6 is 11.6 Å². The second kappa shape index (κ2) is 11.2. The van der Waals surface area contributed by atoms with E-state index < -0.39 is 17.8 Å². The van der Waals surface area contributed by atoms with Crippen molar-refractivity contribution in [2.75, 3.05) is 6.54 Å². The van der Waals surface area contributed by atoms with E-state index in [1.807, 2.05) is 18.3 Å². The first-order valence-electron chi connectivity index (χ1n) is 9.94. The van der Waals surface area contributed by atoms with E-state index in [1.54, 1.807) is 25.1 Å². The van der Waals surface area contributed by atoms with Gasteiger partial charge < -0.3 is 4.74 Å². The number of aliphatic imine (C=N–C) groups is 1. The number of benzene rings is 2. The van der Waals surface area contributed by atoms with E-state index in [-0.39, 0.29) is 5.02 Å². The van der Waals surface area contributed by atoms with Crippen LogP contribution in [0.2, 0.25) is 5.02 Å². The summed E-state index contributed by atoms with van der Waals surface area (Å²) in [4.78, 5) is 4.43. The highest BCUT2D eigenvalue weighted by molar-refractivity contribution is 6.31. The Morgan fingerprint density at radius 1 is 1.03 bits per heavy atom. The van der Waals surface area contributed by atoms with E-state index in [0.29, 0.717) is 11.3 Å². The van der Waals surface area contributed by atoms with Crippen LogP contribution in [0.5, 0.6) is 5.75 Å². The van der Waals surface area contributed by atoms with Crippen molar-refractivity contribution in [1.29, 1.82) is 0 Å². The summed E-state index contributed by atoms with van der Waals surface area (Å²) in [5, 5.41) is -0.317. The third kappa shape index (κ3) is 7.73. The van der Waals surface area contributed by atoms with Crippen LogP contribution < -0.4 is 4.74 Å². The molecule has 0 aliphatic heterocycles. The Kier molecular flexibility index (Phi) is 9.02. The summed E-state index contributed by atoms with van der Waals surface area (Å²) in [7, 11) is 0. The number of unbranched alkanes of at least 4 members (excludes halogenated alkanes) is 4. The van der Waals surface area contributed by atoms with Gasteiger partial charge in [0.15, 0.2) is 0 Å². The van der Waals surface area contributed by atoms with Crippen LogP contribution in [0.4, 0.5) is 13.2 Å². The summed E-state index contributed by atoms with van der Waals surface area (Å²) in [5.74, 6) is 0.581. The van der Waals surface area contributed by atoms with Crippen molar-refractivity contribution < 1.29 is 17.9 Å². The standard InChI is InChI=1S/C23H27ClF3NO/c1-3-4-5-6-7-14-28-16-18-8-11-20(12-9-18)29-17(2)19-10-13-22(24)21(15-19)23(25,26)27/h8-13,15-17H,3-7,14H2,1-2H3. The molecule has 2 aromatic rings. The fourth-order valence-electron chi connectivity index (χ4n) is 2.89. The molecule has 0 aliphatic rings. The van der Waals surface area contributed by atoms with Gasteiger partial charge in [-0.05, 0) is 60.9 Å². The molecule has 0 radical (unpaired) electrons. The molecule has 0 heterocycles. The van der Waals surface area contributed by atoms with Gasteiger partial charge in [0.25, 0.3) is 0 Å². The quantitative estimate of drug-likeness (QED) is 0.280. The molecular weight excluding hydrogens is 399 g/mol. The van der Waals surface area contributed by atoms with Crippen molar-refractivity contribution in [3.63, 3.8) is 0 Å². The van der Waals surface area contributed by atoms with Crippen LogP contribution in [0.3, 0.4) is 0 Å². The molecule has 1 unspecified atom stereocenters. The molecule has 1 atom stereocenters. The normalized spacial score (nSPS) is 13.0. The maximum Gasteiger partial charge on any atom is 0.417 e. The molecule has 0 spiro atoms. The van der Waals surface area contributed by atoms with Gasteiger partial charge in [0.1, 0.15) is 11.9 Å². The molecule has 0 N–H and O–H groups in total. The zero-order valence-corrected chi connectivity index (χ0v) is 17.6. The zero-order valence-electron chi connectivity index (χ0n) is 16.8. The van der Waals surface area contributed by atoms with E-state index in [4.69, 9.17) is 16.3 Å². The monoisotopic (exact) mass is 425 g/mol. The summed E-state index contributed by atoms with van der Waals surface area (Å²) in [5.41, 5.74) is 0.521. The molecule has 0 bridgehead atoms. The van der Waals surface area contributed by atoms with Crippen LogP contribution in [0.1, 0.15) is 68.7 Å². The second-order valence-corrected chi connectivity index (χ2v) is 7.42. The lowest BCUT2D eigenvalue weighted by Gasteiger charge is -2.17. The lowest BCUT2D eigenvalue weighted by atomic mass is 10.1. The minimum absolute atomic E-state index is 0.317. The highest BCUT2D eigenvalue weighted by Crippen LogP contribution is 2.36. The van der Waals surface area contributed by atoms with Crippen LogP contribution in [0.15, 0.2) is 47.5 Å². The Labute approximate surface area is 175 Å². The molecule has 0 amide bonds. The van der Waals surface area contributed by atoms with E-state index in [2.05, 4.69) is 11.9 Å². The summed E-state index contributed by atoms with van der Waals surface area (Å²) >= 11 is 5.67. The number of hydrogen-bond acceptors (Lipinski definition) is 2. The largest absolute Gasteiger partial charge is 0.486 e. The molecular formula is C23H27ClF3NO. The summed E-state index contributed by atoms with van der Waals surface area (Å²) in [6.07, 6.45) is 2.86. The molecule has 158 valence electrons. The molecule has 0 saturated heterocycles. The minimum Gasteiger partial charge on any atom is -0.486 e. The number of nitrogens with zero attached hydrogens (tertiary/aromatic N) is 1. The molecule has 0 fully saturated rings. The van der Waals surface area contributed by atoms with Crippen LogP contribution in [-0.4, -0.2) is 12.8 Å². The number of rotatable bonds is 10. The first-order chi connectivity index (χ1) is 13.8. The van der Waals surface area contributed by atoms with Gasteiger partial charge in [-0.15, -0.1) is 0 Å². The lowest BCUT2D eigenvalue weighted by Crippen LogP contribution is -2.09. The molecule has 0 aromatic heterocycles. The van der Waals surface area contributed by atoms with Crippen molar-refractivity contribution >= 4 is 17.8 Å². The third-order valence-corrected chi connectivity index (χ3v) is 4.92. The fraction of sp³-hybridized carbons (Fsp3) is 0.435. The van der Waals surface area contributed by atoms with Gasteiger partial charge in [-0.2, -0.15) is 13.2 Å². The Balaban J connectivity index is 1.91. The Hall–Kier alpha value is -2.01. The maximum absolute atomic E-state index is 13.0. The Morgan fingerprint density at radius 3 is 2.38 bits per heavy atom. The van der Waals surface area contributed by atoms with Crippen LogP contribution in [0, 0.1) is 0 Å². The van der Waals surface area contributed by atoms with Gasteiger partial charge in [0, 0.05) is 12.8 Å². The van der Waals surface area contributed by atoms with Gasteiger partial charge in [-0.3, -0.25) is 4.99 Å². The fourth-order valence-corrected chi connectivity index (χ4v) is 3.12. The predicted octanol–water partition coefficient (Wildman–Crippen LogP) is 7.89. The highest BCUT2D eigenvalue weighted by atomic mass is 35.5. The number of halogens is 4. The predicted molar refractivity (Wildman–Crippen MR) is 113 cm³/mol. The van der Waals surface area contributed by atoms with E-state index in [0.717, 1.165) is 24.6 Å². The Bertz CT molecular complexity index is 788. The van der Waals surface area contributed by atoms with Gasteiger partial charge in [0.05, 0.1) is 10.6 Å². The average Bonchev–Trinajstić information content (AvgIpc) is 2.68. The first-order valence-corrected chi connectivity index (χ1v) is 10.3. The van der Waals surface area contributed by atoms with E-state index >= 15 is 0 Å². The zero-order chi connectivity index (χ0) is 21.3. The number of ether oxygens (including phenoxy) is 1. The molecule has 2 nitrogen and oxygen atoms in total. The topological polar surface area (TPSA) is 21.6 Å². The lowest BCUT2D eigenvalue weighted by molar-refractivity contribution is -0.137. The van der Waals surface area contributed by atoms with Crippen molar-refractivity contribution in [2.45, 2.75) is 58.2 Å². The van der Waals surface area contributed by atoms with Gasteiger partial charge in [0.2, 0.25) is 0 Å². The Morgan fingerprint density at radius 2 is 1.72 bits per heavy atom. The molecule has 2 aromatic carbocycles. The maximum atomic E-state index is 13.0. The highest BCUT2D eigenvalue weighted by Gasteiger charge is 2.33.